The number of carbonyl (C=O) groups excluding carboxylic acids is 1. The van der Waals surface area contributed by atoms with Crippen LogP contribution < -0.4 is 4.72 Å². The van der Waals surface area contributed by atoms with Crippen molar-refractivity contribution in [3.05, 3.63) is 89.5 Å². The minimum absolute atomic E-state index is 0.0970. The van der Waals surface area contributed by atoms with Gasteiger partial charge in [-0.15, -0.1) is 0 Å². The van der Waals surface area contributed by atoms with Crippen LogP contribution in [0.25, 0.3) is 0 Å². The molecule has 1 heterocycles. The molecule has 0 spiro atoms. The summed E-state index contributed by atoms with van der Waals surface area (Å²) in [5.74, 6) is -0.149. The number of benzene rings is 3. The zero-order valence-corrected chi connectivity index (χ0v) is 18.5. The van der Waals surface area contributed by atoms with Crippen LogP contribution in [0.5, 0.6) is 5.75 Å². The van der Waals surface area contributed by atoms with E-state index in [2.05, 4.69) is 9.82 Å². The summed E-state index contributed by atoms with van der Waals surface area (Å²) in [5.41, 5.74) is 3.30. The summed E-state index contributed by atoms with van der Waals surface area (Å²) in [6, 6.07) is 19.9. The Morgan fingerprint density at radius 1 is 1.06 bits per heavy atom. The van der Waals surface area contributed by atoms with E-state index >= 15 is 0 Å². The highest BCUT2D eigenvalue weighted by Gasteiger charge is 2.33. The van der Waals surface area contributed by atoms with Crippen molar-refractivity contribution in [1.82, 2.24) is 5.01 Å². The Morgan fingerprint density at radius 3 is 2.47 bits per heavy atom. The number of carbonyl (C=O) groups is 1. The Hall–Kier alpha value is -3.65. The number of phenols is 1. The van der Waals surface area contributed by atoms with Crippen LogP contribution in [0.4, 0.5) is 5.69 Å². The highest BCUT2D eigenvalue weighted by Crippen LogP contribution is 2.37. The Kier molecular flexibility index (Phi) is 5.71. The molecule has 0 saturated carbocycles. The maximum absolute atomic E-state index is 12.7. The van der Waals surface area contributed by atoms with Crippen LogP contribution in [-0.2, 0) is 14.8 Å². The van der Waals surface area contributed by atoms with Gasteiger partial charge in [0.1, 0.15) is 5.75 Å². The van der Waals surface area contributed by atoms with E-state index in [1.807, 2.05) is 13.0 Å². The van der Waals surface area contributed by atoms with Crippen molar-refractivity contribution in [3.8, 4) is 5.75 Å². The number of hydrogen-bond acceptors (Lipinski definition) is 5. The summed E-state index contributed by atoms with van der Waals surface area (Å²) in [7, 11) is -3.74. The quantitative estimate of drug-likeness (QED) is 0.610. The molecule has 3 aromatic carbocycles. The highest BCUT2D eigenvalue weighted by molar-refractivity contribution is 7.92. The van der Waals surface area contributed by atoms with Gasteiger partial charge >= 0.3 is 0 Å². The van der Waals surface area contributed by atoms with Gasteiger partial charge in [-0.3, -0.25) is 9.52 Å². The zero-order valence-electron chi connectivity index (χ0n) is 17.7. The second-order valence-corrected chi connectivity index (χ2v) is 9.37. The van der Waals surface area contributed by atoms with Gasteiger partial charge in [0.15, 0.2) is 0 Å². The molecule has 7 nitrogen and oxygen atoms in total. The molecule has 0 radical (unpaired) electrons. The van der Waals surface area contributed by atoms with E-state index in [9.17, 15) is 18.3 Å². The van der Waals surface area contributed by atoms with Crippen LogP contribution in [0.2, 0.25) is 0 Å². The Labute approximate surface area is 187 Å². The molecule has 0 fully saturated rings. The van der Waals surface area contributed by atoms with E-state index in [1.54, 1.807) is 66.7 Å². The van der Waals surface area contributed by atoms with Gasteiger partial charge < -0.3 is 5.11 Å². The summed E-state index contributed by atoms with van der Waals surface area (Å²) in [6.07, 6.45) is 0.394. The predicted octanol–water partition coefficient (Wildman–Crippen LogP) is 4.20. The molecule has 0 aliphatic carbocycles. The van der Waals surface area contributed by atoms with E-state index in [4.69, 9.17) is 0 Å². The van der Waals surface area contributed by atoms with E-state index in [0.29, 0.717) is 28.9 Å². The average molecular weight is 450 g/mol. The second-order valence-electron chi connectivity index (χ2n) is 7.69. The molecule has 164 valence electrons. The highest BCUT2D eigenvalue weighted by atomic mass is 32.2. The molecule has 0 aromatic heterocycles. The number of rotatable bonds is 5. The third-order valence-electron chi connectivity index (χ3n) is 5.31. The fourth-order valence-electron chi connectivity index (χ4n) is 3.68. The lowest BCUT2D eigenvalue weighted by atomic mass is 9.97. The zero-order chi connectivity index (χ0) is 22.9. The summed E-state index contributed by atoms with van der Waals surface area (Å²) >= 11 is 0. The molecule has 0 bridgehead atoms. The standard InChI is InChI=1S/C24H23N3O4S/c1-16-10-12-20(13-11-16)32(30,31)26-19-7-5-6-18(14-19)22-15-23(27(25-22)17(2)28)21-8-3-4-9-24(21)29/h3-14,23,26,29H,15H2,1-2H3/t23-/m0/s1. The van der Waals surface area contributed by atoms with Gasteiger partial charge in [0, 0.05) is 24.6 Å². The van der Waals surface area contributed by atoms with Crippen molar-refractivity contribution < 1.29 is 18.3 Å². The van der Waals surface area contributed by atoms with E-state index in [-0.39, 0.29) is 16.6 Å². The van der Waals surface area contributed by atoms with Crippen molar-refractivity contribution >= 4 is 27.3 Å². The summed E-state index contributed by atoms with van der Waals surface area (Å²) in [6.45, 7) is 3.31. The Morgan fingerprint density at radius 2 is 1.78 bits per heavy atom. The summed E-state index contributed by atoms with van der Waals surface area (Å²) in [5, 5.41) is 16.1. The lowest BCUT2D eigenvalue weighted by molar-refractivity contribution is -0.130. The fourth-order valence-corrected chi connectivity index (χ4v) is 4.73. The van der Waals surface area contributed by atoms with Crippen molar-refractivity contribution in [2.75, 3.05) is 4.72 Å². The van der Waals surface area contributed by atoms with Gasteiger partial charge in [0.2, 0.25) is 5.91 Å². The minimum atomic E-state index is -3.74. The lowest BCUT2D eigenvalue weighted by Gasteiger charge is -2.21. The first-order valence-corrected chi connectivity index (χ1v) is 11.6. The van der Waals surface area contributed by atoms with Crippen LogP contribution in [0.15, 0.2) is 82.8 Å². The average Bonchev–Trinajstić information content (AvgIpc) is 3.20. The molecule has 8 heteroatoms. The molecule has 0 unspecified atom stereocenters. The molecule has 1 amide bonds. The Bertz CT molecular complexity index is 1300. The number of amides is 1. The van der Waals surface area contributed by atoms with E-state index in [0.717, 1.165) is 5.56 Å². The number of phenolic OH excluding ortho intramolecular Hbond substituents is 1. The monoisotopic (exact) mass is 449 g/mol. The van der Waals surface area contributed by atoms with E-state index in [1.165, 1.54) is 11.9 Å². The fraction of sp³-hybridized carbons (Fsp3) is 0.167. The van der Waals surface area contributed by atoms with E-state index < -0.39 is 16.1 Å². The van der Waals surface area contributed by atoms with Gasteiger partial charge in [-0.1, -0.05) is 48.0 Å². The third-order valence-corrected chi connectivity index (χ3v) is 6.71. The smallest absolute Gasteiger partial charge is 0.261 e. The third kappa shape index (κ3) is 4.36. The molecular weight excluding hydrogens is 426 g/mol. The van der Waals surface area contributed by atoms with Crippen molar-refractivity contribution in [2.24, 2.45) is 5.10 Å². The number of hydrazone groups is 1. The number of aromatic hydroxyl groups is 1. The summed E-state index contributed by atoms with van der Waals surface area (Å²) in [4.78, 5) is 12.4. The second kappa shape index (κ2) is 8.47. The van der Waals surface area contributed by atoms with Gasteiger partial charge in [-0.05, 0) is 42.8 Å². The Balaban J connectivity index is 1.62. The summed E-state index contributed by atoms with van der Waals surface area (Å²) < 4.78 is 28.1. The first-order chi connectivity index (χ1) is 15.2. The number of anilines is 1. The molecular formula is C24H23N3O4S. The topological polar surface area (TPSA) is 99.1 Å². The van der Waals surface area contributed by atoms with Crippen LogP contribution in [-0.4, -0.2) is 30.2 Å². The number of hydrogen-bond donors (Lipinski definition) is 2. The first-order valence-electron chi connectivity index (χ1n) is 10.1. The largest absolute Gasteiger partial charge is 0.508 e. The molecule has 32 heavy (non-hydrogen) atoms. The number of aryl methyl sites for hydroxylation is 1. The van der Waals surface area contributed by atoms with Crippen molar-refractivity contribution in [2.45, 2.75) is 31.2 Å². The number of para-hydroxylation sites is 1. The maximum Gasteiger partial charge on any atom is 0.261 e. The van der Waals surface area contributed by atoms with Crippen LogP contribution in [0.1, 0.15) is 36.1 Å². The van der Waals surface area contributed by atoms with Gasteiger partial charge in [0.05, 0.1) is 16.6 Å². The maximum atomic E-state index is 12.7. The minimum Gasteiger partial charge on any atom is -0.508 e. The van der Waals surface area contributed by atoms with Crippen molar-refractivity contribution in [1.29, 1.82) is 0 Å². The van der Waals surface area contributed by atoms with Crippen LogP contribution >= 0.6 is 0 Å². The van der Waals surface area contributed by atoms with Gasteiger partial charge in [-0.25, -0.2) is 13.4 Å². The molecule has 1 aliphatic heterocycles. The van der Waals surface area contributed by atoms with Gasteiger partial charge in [0.25, 0.3) is 10.0 Å². The normalized spacial score (nSPS) is 16.0. The van der Waals surface area contributed by atoms with Crippen LogP contribution in [0.3, 0.4) is 0 Å². The van der Waals surface area contributed by atoms with Gasteiger partial charge in [-0.2, -0.15) is 5.10 Å². The number of nitrogens with zero attached hydrogens (tertiary/aromatic N) is 2. The SMILES string of the molecule is CC(=O)N1N=C(c2cccc(NS(=O)(=O)c3ccc(C)cc3)c2)C[C@H]1c1ccccc1O. The predicted molar refractivity (Wildman–Crippen MR) is 123 cm³/mol. The molecule has 1 atom stereocenters. The molecule has 0 saturated heterocycles. The molecule has 1 aliphatic rings. The first kappa shape index (κ1) is 21.6. The molecule has 3 aromatic rings. The van der Waals surface area contributed by atoms with Crippen LogP contribution in [0, 0.1) is 6.92 Å². The number of nitrogens with one attached hydrogen (secondary N) is 1. The lowest BCUT2D eigenvalue weighted by Crippen LogP contribution is -2.24. The van der Waals surface area contributed by atoms with Crippen molar-refractivity contribution in [3.63, 3.8) is 0 Å². The molecule has 2 N–H and O–H groups in total. The molecule has 4 rings (SSSR count). The number of sulfonamides is 1.